The summed E-state index contributed by atoms with van der Waals surface area (Å²) < 4.78 is 0. The van der Waals surface area contributed by atoms with Gasteiger partial charge in [0, 0.05) is 0 Å². The van der Waals surface area contributed by atoms with Gasteiger partial charge in [-0.15, -0.1) is 0 Å². The Bertz CT molecular complexity index is 126. The predicted octanol–water partition coefficient (Wildman–Crippen LogP) is 2.20. The maximum atomic E-state index is 4.01. The highest BCUT2D eigenvalue weighted by Gasteiger charge is 2.32. The molecule has 2 unspecified atom stereocenters. The van der Waals surface area contributed by atoms with Gasteiger partial charge in [0.1, 0.15) is 0 Å². The number of hydrogen-bond donors (Lipinski definition) is 1. The fourth-order valence-electron chi connectivity index (χ4n) is 2.09. The molecule has 2 fully saturated rings. The van der Waals surface area contributed by atoms with Crippen molar-refractivity contribution in [3.8, 4) is 0 Å². The Morgan fingerprint density at radius 1 is 1.18 bits per heavy atom. The molecule has 2 atom stereocenters. The van der Waals surface area contributed by atoms with Crippen molar-refractivity contribution in [3.63, 3.8) is 0 Å². The second-order valence-corrected chi connectivity index (χ2v) is 3.34. The molecule has 0 amide bonds. The van der Waals surface area contributed by atoms with Crippen LogP contribution in [0.5, 0.6) is 0 Å². The monoisotopic (exact) mass is 153 g/mol. The van der Waals surface area contributed by atoms with E-state index in [4.69, 9.17) is 0 Å². The Balaban J connectivity index is 0.000000281. The van der Waals surface area contributed by atoms with Gasteiger partial charge >= 0.3 is 0 Å². The highest BCUT2D eigenvalue weighted by Crippen LogP contribution is 2.36. The van der Waals surface area contributed by atoms with Crippen LogP contribution in [-0.2, 0) is 0 Å². The predicted molar refractivity (Wildman–Crippen MR) is 49.6 cm³/mol. The Kier molecular flexibility index (Phi) is 3.13. The van der Waals surface area contributed by atoms with Gasteiger partial charge in [-0.25, -0.2) is 0 Å². The van der Waals surface area contributed by atoms with Crippen molar-refractivity contribution in [3.05, 3.63) is 12.2 Å². The molecule has 1 heteroatoms. The number of fused-ring (bicyclic) bond motifs is 1. The molecule has 0 spiro atoms. The summed E-state index contributed by atoms with van der Waals surface area (Å²) in [6, 6.07) is 0. The van der Waals surface area contributed by atoms with Gasteiger partial charge < -0.3 is 5.32 Å². The van der Waals surface area contributed by atoms with Crippen molar-refractivity contribution < 1.29 is 0 Å². The van der Waals surface area contributed by atoms with E-state index in [0.717, 1.165) is 11.8 Å². The van der Waals surface area contributed by atoms with Crippen LogP contribution in [0.15, 0.2) is 12.2 Å². The highest BCUT2D eigenvalue weighted by molar-refractivity contribution is 5.08. The molecule has 0 radical (unpaired) electrons. The summed E-state index contributed by atoms with van der Waals surface area (Å²) in [5, 5.41) is 3.40. The third kappa shape index (κ3) is 1.84. The van der Waals surface area contributed by atoms with E-state index in [2.05, 4.69) is 11.9 Å². The van der Waals surface area contributed by atoms with Crippen LogP contribution in [0, 0.1) is 11.8 Å². The maximum Gasteiger partial charge on any atom is -0.00141 e. The van der Waals surface area contributed by atoms with E-state index in [1.807, 2.05) is 13.8 Å². The van der Waals surface area contributed by atoms with Crippen LogP contribution in [-0.4, -0.2) is 13.1 Å². The Labute approximate surface area is 69.9 Å². The molecule has 1 saturated carbocycles. The minimum Gasteiger partial charge on any atom is -0.316 e. The summed E-state index contributed by atoms with van der Waals surface area (Å²) in [6.45, 7) is 10.5. The first-order chi connectivity index (χ1) is 5.36. The van der Waals surface area contributed by atoms with Crippen LogP contribution in [0.25, 0.3) is 0 Å². The second kappa shape index (κ2) is 3.91. The van der Waals surface area contributed by atoms with Gasteiger partial charge in [-0.2, -0.15) is 0 Å². The van der Waals surface area contributed by atoms with Crippen molar-refractivity contribution in [2.75, 3.05) is 13.1 Å². The summed E-state index contributed by atoms with van der Waals surface area (Å²) in [5.74, 6) is 1.88. The third-order valence-corrected chi connectivity index (χ3v) is 2.58. The van der Waals surface area contributed by atoms with Gasteiger partial charge in [-0.1, -0.05) is 26.0 Å². The summed E-state index contributed by atoms with van der Waals surface area (Å²) in [7, 11) is 0. The number of nitrogens with one attached hydrogen (secondary N) is 1. The molecule has 1 nitrogen and oxygen atoms in total. The number of hydrogen-bond acceptors (Lipinski definition) is 1. The third-order valence-electron chi connectivity index (χ3n) is 2.58. The zero-order valence-corrected chi connectivity index (χ0v) is 7.69. The molecule has 0 aromatic heterocycles. The standard InChI is InChI=1S/C8H13N.C2H6/c1-6-2-7-4-9-5-8(7)3-6;1-2/h7-9H,1-5H2;1-2H3. The van der Waals surface area contributed by atoms with Crippen LogP contribution in [0.4, 0.5) is 0 Å². The lowest BCUT2D eigenvalue weighted by molar-refractivity contribution is 0.494. The van der Waals surface area contributed by atoms with Gasteiger partial charge in [-0.3, -0.25) is 0 Å². The van der Waals surface area contributed by atoms with E-state index in [1.54, 1.807) is 0 Å². The smallest absolute Gasteiger partial charge is 0.00141 e. The van der Waals surface area contributed by atoms with Crippen LogP contribution in [0.3, 0.4) is 0 Å². The van der Waals surface area contributed by atoms with E-state index in [1.165, 1.54) is 31.5 Å². The number of allylic oxidation sites excluding steroid dienone is 1. The van der Waals surface area contributed by atoms with Gasteiger partial charge in [0.2, 0.25) is 0 Å². The summed E-state index contributed by atoms with van der Waals surface area (Å²) in [5.41, 5.74) is 1.48. The summed E-state index contributed by atoms with van der Waals surface area (Å²) in [6.07, 6.45) is 2.58. The minimum absolute atomic E-state index is 0.942. The lowest BCUT2D eigenvalue weighted by Crippen LogP contribution is -2.09. The van der Waals surface area contributed by atoms with E-state index in [0.29, 0.717) is 0 Å². The van der Waals surface area contributed by atoms with Crippen LogP contribution in [0.1, 0.15) is 26.7 Å². The van der Waals surface area contributed by atoms with Crippen molar-refractivity contribution in [1.82, 2.24) is 5.32 Å². The van der Waals surface area contributed by atoms with E-state index in [-0.39, 0.29) is 0 Å². The Morgan fingerprint density at radius 3 is 2.09 bits per heavy atom. The summed E-state index contributed by atoms with van der Waals surface area (Å²) in [4.78, 5) is 0. The molecule has 0 aromatic carbocycles. The Hall–Kier alpha value is -0.300. The lowest BCUT2D eigenvalue weighted by Gasteiger charge is -2.02. The fraction of sp³-hybridized carbons (Fsp3) is 0.800. The molecule has 1 heterocycles. The molecular formula is C10H19N. The maximum absolute atomic E-state index is 4.01. The van der Waals surface area contributed by atoms with Crippen LogP contribution >= 0.6 is 0 Å². The topological polar surface area (TPSA) is 12.0 Å². The molecule has 1 saturated heterocycles. The van der Waals surface area contributed by atoms with Gasteiger partial charge in [0.15, 0.2) is 0 Å². The fourth-order valence-corrected chi connectivity index (χ4v) is 2.09. The van der Waals surface area contributed by atoms with Crippen molar-refractivity contribution >= 4 is 0 Å². The van der Waals surface area contributed by atoms with Crippen LogP contribution in [0.2, 0.25) is 0 Å². The molecule has 1 aliphatic heterocycles. The number of rotatable bonds is 0. The Morgan fingerprint density at radius 2 is 1.64 bits per heavy atom. The van der Waals surface area contributed by atoms with Gasteiger partial charge in [0.25, 0.3) is 0 Å². The highest BCUT2D eigenvalue weighted by atomic mass is 14.9. The molecule has 1 N–H and O–H groups in total. The molecule has 1 aliphatic carbocycles. The normalized spacial score (nSPS) is 34.5. The molecule has 2 rings (SSSR count). The van der Waals surface area contributed by atoms with E-state index >= 15 is 0 Å². The summed E-state index contributed by atoms with van der Waals surface area (Å²) >= 11 is 0. The zero-order valence-electron chi connectivity index (χ0n) is 7.69. The first-order valence-corrected chi connectivity index (χ1v) is 4.73. The van der Waals surface area contributed by atoms with E-state index < -0.39 is 0 Å². The first kappa shape index (κ1) is 8.79. The average Bonchev–Trinajstić information content (AvgIpc) is 2.51. The van der Waals surface area contributed by atoms with E-state index in [9.17, 15) is 0 Å². The molecule has 0 bridgehead atoms. The molecule has 2 aliphatic rings. The zero-order chi connectivity index (χ0) is 8.27. The van der Waals surface area contributed by atoms with Gasteiger partial charge in [-0.05, 0) is 37.8 Å². The lowest BCUT2D eigenvalue weighted by atomic mass is 10.0. The van der Waals surface area contributed by atoms with Crippen LogP contribution < -0.4 is 5.32 Å². The molecular weight excluding hydrogens is 134 g/mol. The quantitative estimate of drug-likeness (QED) is 0.526. The molecule has 64 valence electrons. The first-order valence-electron chi connectivity index (χ1n) is 4.73. The van der Waals surface area contributed by atoms with Crippen molar-refractivity contribution in [1.29, 1.82) is 0 Å². The van der Waals surface area contributed by atoms with Crippen molar-refractivity contribution in [2.45, 2.75) is 26.7 Å². The second-order valence-electron chi connectivity index (χ2n) is 3.34. The average molecular weight is 153 g/mol. The van der Waals surface area contributed by atoms with Crippen molar-refractivity contribution in [2.24, 2.45) is 11.8 Å². The SMILES string of the molecule is C=C1CC2CNCC2C1.CC. The van der Waals surface area contributed by atoms with Gasteiger partial charge in [0.05, 0.1) is 0 Å². The molecule has 11 heavy (non-hydrogen) atoms. The molecule has 0 aromatic rings. The largest absolute Gasteiger partial charge is 0.316 e. The minimum atomic E-state index is 0.942.